The van der Waals surface area contributed by atoms with Crippen LogP contribution in [0.25, 0.3) is 27.1 Å². The van der Waals surface area contributed by atoms with E-state index in [0.717, 1.165) is 38.9 Å². The Bertz CT molecular complexity index is 1460. The van der Waals surface area contributed by atoms with Crippen LogP contribution < -0.4 is 23.7 Å². The van der Waals surface area contributed by atoms with Crippen LogP contribution in [0.3, 0.4) is 0 Å². The maximum Gasteiger partial charge on any atom is 0.270 e. The number of ether oxygens (including phenoxy) is 3. The molecule has 0 atom stereocenters. The molecule has 9 nitrogen and oxygen atoms in total. The first kappa shape index (κ1) is 24.0. The number of aromatic nitrogens is 1. The van der Waals surface area contributed by atoms with Gasteiger partial charge in [0.15, 0.2) is 23.4 Å². The number of hydrogen-bond donors (Lipinski definition) is 1. The van der Waals surface area contributed by atoms with Crippen molar-refractivity contribution in [2.24, 2.45) is 0 Å². The molecule has 1 N–H and O–H groups in total. The molecule has 2 heterocycles. The molecular weight excluding hydrogens is 450 g/mol. The number of aryl methyl sites for hydroxylation is 1. The predicted molar refractivity (Wildman–Crippen MR) is 120 cm³/mol. The van der Waals surface area contributed by atoms with E-state index in [1.807, 2.05) is 18.2 Å². The third kappa shape index (κ3) is 5.24. The summed E-state index contributed by atoms with van der Waals surface area (Å²) in [4.78, 5) is 9.36. The summed E-state index contributed by atoms with van der Waals surface area (Å²) in [5, 5.41) is 14.0. The van der Waals surface area contributed by atoms with Crippen LogP contribution in [0.15, 0.2) is 48.7 Å². The van der Waals surface area contributed by atoms with Gasteiger partial charge >= 0.3 is 0 Å². The van der Waals surface area contributed by atoms with Crippen LogP contribution in [0.2, 0.25) is 0 Å². The first-order chi connectivity index (χ1) is 15.6. The van der Waals surface area contributed by atoms with Gasteiger partial charge in [-0.15, -0.1) is 0 Å². The maximum absolute atomic E-state index is 9.58. The van der Waals surface area contributed by atoms with Crippen LogP contribution in [0.5, 0.6) is 17.2 Å². The van der Waals surface area contributed by atoms with Crippen LogP contribution in [-0.2, 0) is 14.9 Å². The van der Waals surface area contributed by atoms with Gasteiger partial charge in [-0.25, -0.2) is 0 Å². The lowest BCUT2D eigenvalue weighted by molar-refractivity contribution is -0.516. The van der Waals surface area contributed by atoms with Crippen LogP contribution in [0.1, 0.15) is 5.69 Å². The lowest BCUT2D eigenvalue weighted by Gasteiger charge is -2.10. The molecule has 2 aromatic heterocycles. The zero-order chi connectivity index (χ0) is 24.3. The molecule has 0 saturated carbocycles. The lowest BCUT2D eigenvalue weighted by atomic mass is 10.0. The summed E-state index contributed by atoms with van der Waals surface area (Å²) in [5.41, 5.74) is 2.31. The van der Waals surface area contributed by atoms with Gasteiger partial charge in [0, 0.05) is 24.4 Å². The molecule has 33 heavy (non-hydrogen) atoms. The molecule has 0 aliphatic carbocycles. The van der Waals surface area contributed by atoms with Crippen LogP contribution in [-0.4, -0.2) is 46.0 Å². The van der Waals surface area contributed by atoms with Gasteiger partial charge in [-0.1, -0.05) is 0 Å². The molecule has 0 bridgehead atoms. The average molecular weight is 474 g/mol. The van der Waals surface area contributed by atoms with Crippen molar-refractivity contribution in [3.8, 4) is 17.2 Å². The van der Waals surface area contributed by atoms with E-state index in [4.69, 9.17) is 18.8 Å². The summed E-state index contributed by atoms with van der Waals surface area (Å²) >= 11 is 0. The Morgan fingerprint density at radius 1 is 0.939 bits per heavy atom. The molecule has 0 saturated heterocycles. The number of fused-ring (bicyclic) bond motifs is 4. The van der Waals surface area contributed by atoms with Crippen molar-refractivity contribution in [2.75, 3.05) is 27.1 Å². The molecule has 174 valence electrons. The molecule has 0 fully saturated rings. The highest BCUT2D eigenvalue weighted by atomic mass is 32.2. The zero-order valence-electron chi connectivity index (χ0n) is 18.5. The van der Waals surface area contributed by atoms with Crippen molar-refractivity contribution in [2.45, 2.75) is 6.92 Å². The summed E-state index contributed by atoms with van der Waals surface area (Å²) in [5.74, 6) is -0.833. The third-order valence-corrected chi connectivity index (χ3v) is 5.70. The van der Waals surface area contributed by atoms with E-state index in [9.17, 15) is 18.3 Å². The first-order valence-electron chi connectivity index (χ1n) is 9.70. The largest absolute Gasteiger partial charge is 0.549 e. The van der Waals surface area contributed by atoms with Crippen molar-refractivity contribution >= 4 is 43.1 Å². The fourth-order valence-electron chi connectivity index (χ4n) is 3.60. The van der Waals surface area contributed by atoms with Gasteiger partial charge in [-0.2, -0.15) is 12.8 Å². The van der Waals surface area contributed by atoms with E-state index in [0.29, 0.717) is 0 Å². The van der Waals surface area contributed by atoms with E-state index >= 15 is 0 Å². The number of carbonyl (C=O) groups is 1. The molecule has 0 amide bonds. The Morgan fingerprint density at radius 2 is 1.61 bits per heavy atom. The second-order valence-corrected chi connectivity index (χ2v) is 8.60. The Labute approximate surface area is 190 Å². The number of methoxy groups -OCH3 is 3. The monoisotopic (exact) mass is 473 g/mol. The summed E-state index contributed by atoms with van der Waals surface area (Å²) in [6.45, 7) is 2.13. The number of rotatable bonds is 5. The second kappa shape index (κ2) is 9.47. The standard InChI is InChI=1S/C21H20NO3.C2H4O5S/c1-13-17-6-5-16(23-2)9-15(17)10-19-18-12-21(25-4)20(24-3)11-14(18)7-8-22(13)19;3-2(4)1-8(5,6)7/h5-12H,1-4H3;1H2,(H,3,4)(H,5,6,7)/q+1;/p-1. The SMILES string of the molecule is COc1ccc2c(C)[n+]3ccc4cc(OC)c(OC)cc4c3cc2c1.O=C([O-])CS(=O)(=O)O. The highest BCUT2D eigenvalue weighted by Crippen LogP contribution is 2.34. The minimum absolute atomic E-state index is 0.728. The van der Waals surface area contributed by atoms with Gasteiger partial charge < -0.3 is 24.1 Å². The number of pyridine rings is 2. The molecule has 0 radical (unpaired) electrons. The van der Waals surface area contributed by atoms with E-state index in [-0.39, 0.29) is 0 Å². The first-order valence-corrected chi connectivity index (χ1v) is 11.3. The van der Waals surface area contributed by atoms with Crippen molar-refractivity contribution < 1.29 is 41.5 Å². The molecule has 0 spiro atoms. The summed E-state index contributed by atoms with van der Waals surface area (Å²) in [6.07, 6.45) is 2.10. The van der Waals surface area contributed by atoms with E-state index < -0.39 is 21.8 Å². The number of carboxylic acid groups (broad SMARTS) is 1. The quantitative estimate of drug-likeness (QED) is 0.201. The molecule has 2 aromatic carbocycles. The van der Waals surface area contributed by atoms with Gasteiger partial charge in [0.2, 0.25) is 5.52 Å². The number of aliphatic carboxylic acids is 1. The van der Waals surface area contributed by atoms with Crippen LogP contribution in [0.4, 0.5) is 0 Å². The number of benzene rings is 2. The van der Waals surface area contributed by atoms with Gasteiger partial charge in [0.1, 0.15) is 11.5 Å². The minimum Gasteiger partial charge on any atom is -0.549 e. The van der Waals surface area contributed by atoms with E-state index in [1.54, 1.807) is 21.3 Å². The smallest absolute Gasteiger partial charge is 0.270 e. The third-order valence-electron chi connectivity index (χ3n) is 5.10. The van der Waals surface area contributed by atoms with Crippen LogP contribution in [0, 0.1) is 6.92 Å². The van der Waals surface area contributed by atoms with E-state index in [1.165, 1.54) is 11.1 Å². The number of nitrogens with zero attached hydrogens (tertiary/aromatic N) is 1. The molecule has 10 heteroatoms. The van der Waals surface area contributed by atoms with Crippen molar-refractivity contribution in [1.82, 2.24) is 0 Å². The average Bonchev–Trinajstić information content (AvgIpc) is 2.76. The Morgan fingerprint density at radius 3 is 2.15 bits per heavy atom. The topological polar surface area (TPSA) is 126 Å². The van der Waals surface area contributed by atoms with Gasteiger partial charge in [-0.05, 0) is 41.1 Å². The molecule has 4 rings (SSSR count). The molecular formula is C23H23NO8S. The Balaban J connectivity index is 0.000000331. The Kier molecular flexibility index (Phi) is 6.89. The van der Waals surface area contributed by atoms with Crippen molar-refractivity contribution in [3.05, 3.63) is 54.4 Å². The fourth-order valence-corrected chi connectivity index (χ4v) is 3.90. The molecule has 0 aliphatic rings. The Hall–Kier alpha value is -3.63. The van der Waals surface area contributed by atoms with Crippen molar-refractivity contribution in [1.29, 1.82) is 0 Å². The zero-order valence-corrected chi connectivity index (χ0v) is 19.3. The lowest BCUT2D eigenvalue weighted by Crippen LogP contribution is -2.30. The maximum atomic E-state index is 9.58. The highest BCUT2D eigenvalue weighted by Gasteiger charge is 2.17. The summed E-state index contributed by atoms with van der Waals surface area (Å²) in [6, 6.07) is 14.5. The van der Waals surface area contributed by atoms with Gasteiger partial charge in [-0.3, -0.25) is 4.55 Å². The van der Waals surface area contributed by atoms with Gasteiger partial charge in [0.25, 0.3) is 10.1 Å². The molecule has 0 aliphatic heterocycles. The van der Waals surface area contributed by atoms with E-state index in [2.05, 4.69) is 41.8 Å². The number of carbonyl (C=O) groups excluding carboxylic acids is 1. The van der Waals surface area contributed by atoms with Crippen LogP contribution >= 0.6 is 0 Å². The highest BCUT2D eigenvalue weighted by molar-refractivity contribution is 7.86. The second-order valence-electron chi connectivity index (χ2n) is 7.15. The molecule has 4 aromatic rings. The minimum atomic E-state index is -4.39. The summed E-state index contributed by atoms with van der Waals surface area (Å²) in [7, 11) is 0.622. The molecule has 0 unspecified atom stereocenters. The number of hydrogen-bond acceptors (Lipinski definition) is 7. The number of carboxylic acids is 1. The summed E-state index contributed by atoms with van der Waals surface area (Å²) < 4.78 is 45.4. The normalized spacial score (nSPS) is 11.2. The van der Waals surface area contributed by atoms with Gasteiger partial charge in [0.05, 0.1) is 32.7 Å². The predicted octanol–water partition coefficient (Wildman–Crippen LogP) is 1.69. The fraction of sp³-hybridized carbons (Fsp3) is 0.217. The van der Waals surface area contributed by atoms with Crippen molar-refractivity contribution in [3.63, 3.8) is 0 Å².